The minimum Gasteiger partial charge on any atom is -0.469 e. The highest BCUT2D eigenvalue weighted by Gasteiger charge is 1.98. The monoisotopic (exact) mass is 215 g/mol. The topological polar surface area (TPSA) is 58.9 Å². The molecule has 0 atom stereocenters. The zero-order valence-electron chi connectivity index (χ0n) is 9.45. The Morgan fingerprint density at radius 1 is 1.20 bits per heavy atom. The number of carbonyl (C=O) groups excluding carboxylic acids is 1. The second-order valence-electron chi connectivity index (χ2n) is 3.53. The number of hydrogen-bond donors (Lipinski definition) is 1. The lowest BCUT2D eigenvalue weighted by atomic mass is 10.1. The Hall–Kier alpha value is -1.06. The van der Waals surface area contributed by atoms with Gasteiger partial charge in [0, 0.05) is 12.6 Å². The van der Waals surface area contributed by atoms with E-state index in [4.69, 9.17) is 5.21 Å². The van der Waals surface area contributed by atoms with E-state index >= 15 is 0 Å². The van der Waals surface area contributed by atoms with Crippen molar-refractivity contribution in [2.45, 2.75) is 51.4 Å². The van der Waals surface area contributed by atoms with Gasteiger partial charge < -0.3 is 9.94 Å². The molecule has 1 N–H and O–H groups in total. The molecule has 0 fully saturated rings. The molecule has 0 radical (unpaired) electrons. The van der Waals surface area contributed by atoms with Crippen molar-refractivity contribution in [1.82, 2.24) is 0 Å². The highest BCUT2D eigenvalue weighted by molar-refractivity contribution is 5.68. The molecule has 0 spiro atoms. The normalized spacial score (nSPS) is 10.7. The number of unbranched alkanes of at least 4 members (excludes halogenated alkanes) is 6. The summed E-state index contributed by atoms with van der Waals surface area (Å²) in [6.45, 7) is 0. The Balaban J connectivity index is 3.02. The van der Waals surface area contributed by atoms with Gasteiger partial charge in [-0.1, -0.05) is 25.7 Å². The molecular formula is C11H21NO3. The van der Waals surface area contributed by atoms with Crippen LogP contribution in [-0.4, -0.2) is 24.5 Å². The first-order valence-electron chi connectivity index (χ1n) is 5.54. The molecule has 0 aromatic heterocycles. The number of carbonyl (C=O) groups is 1. The van der Waals surface area contributed by atoms with Gasteiger partial charge in [-0.2, -0.15) is 0 Å². The van der Waals surface area contributed by atoms with Gasteiger partial charge in [-0.05, 0) is 19.3 Å². The van der Waals surface area contributed by atoms with E-state index in [2.05, 4.69) is 9.89 Å². The quantitative estimate of drug-likeness (QED) is 0.211. The zero-order valence-corrected chi connectivity index (χ0v) is 9.45. The van der Waals surface area contributed by atoms with Crippen LogP contribution in [0.5, 0.6) is 0 Å². The molecule has 0 saturated carbocycles. The van der Waals surface area contributed by atoms with Crippen molar-refractivity contribution in [1.29, 1.82) is 0 Å². The molecule has 88 valence electrons. The molecule has 0 aromatic rings. The lowest BCUT2D eigenvalue weighted by molar-refractivity contribution is -0.140. The van der Waals surface area contributed by atoms with E-state index in [9.17, 15) is 4.79 Å². The number of nitrogens with zero attached hydrogens (tertiary/aromatic N) is 1. The highest BCUT2D eigenvalue weighted by atomic mass is 16.5. The Bertz CT molecular complexity index is 181. The van der Waals surface area contributed by atoms with Crippen LogP contribution in [0.1, 0.15) is 51.4 Å². The summed E-state index contributed by atoms with van der Waals surface area (Å²) in [6.07, 6.45) is 9.48. The van der Waals surface area contributed by atoms with Crippen LogP contribution < -0.4 is 0 Å². The minimum absolute atomic E-state index is 0.117. The lowest BCUT2D eigenvalue weighted by Gasteiger charge is -2.00. The Morgan fingerprint density at radius 2 is 1.80 bits per heavy atom. The molecule has 4 heteroatoms. The van der Waals surface area contributed by atoms with Gasteiger partial charge in [0.15, 0.2) is 0 Å². The number of esters is 1. The third-order valence-electron chi connectivity index (χ3n) is 2.27. The maximum absolute atomic E-state index is 10.8. The van der Waals surface area contributed by atoms with Crippen LogP contribution >= 0.6 is 0 Å². The molecule has 0 bridgehead atoms. The van der Waals surface area contributed by atoms with E-state index in [0.717, 1.165) is 38.5 Å². The third kappa shape index (κ3) is 10.9. The molecule has 15 heavy (non-hydrogen) atoms. The highest BCUT2D eigenvalue weighted by Crippen LogP contribution is 2.08. The van der Waals surface area contributed by atoms with E-state index in [-0.39, 0.29) is 5.97 Å². The van der Waals surface area contributed by atoms with Crippen LogP contribution in [0.15, 0.2) is 5.16 Å². The number of methoxy groups -OCH3 is 1. The molecule has 0 saturated heterocycles. The van der Waals surface area contributed by atoms with Crippen LogP contribution in [0.4, 0.5) is 0 Å². The maximum atomic E-state index is 10.8. The average Bonchev–Trinajstić information content (AvgIpc) is 2.26. The summed E-state index contributed by atoms with van der Waals surface area (Å²) < 4.78 is 4.55. The van der Waals surface area contributed by atoms with E-state index in [0.29, 0.717) is 6.42 Å². The fourth-order valence-electron chi connectivity index (χ4n) is 1.37. The van der Waals surface area contributed by atoms with Crippen molar-refractivity contribution in [3.05, 3.63) is 0 Å². The fourth-order valence-corrected chi connectivity index (χ4v) is 1.37. The first-order valence-corrected chi connectivity index (χ1v) is 5.54. The number of hydrogen-bond acceptors (Lipinski definition) is 4. The molecule has 0 aromatic carbocycles. The van der Waals surface area contributed by atoms with Crippen LogP contribution in [0.25, 0.3) is 0 Å². The Morgan fingerprint density at radius 3 is 2.40 bits per heavy atom. The Kier molecular flexibility index (Phi) is 10.2. The summed E-state index contributed by atoms with van der Waals surface area (Å²) in [5.74, 6) is -0.117. The van der Waals surface area contributed by atoms with Gasteiger partial charge in [-0.3, -0.25) is 4.79 Å². The van der Waals surface area contributed by atoms with Crippen LogP contribution in [0.2, 0.25) is 0 Å². The molecule has 0 aliphatic rings. The van der Waals surface area contributed by atoms with Crippen LogP contribution in [0.3, 0.4) is 0 Å². The first-order chi connectivity index (χ1) is 7.31. The van der Waals surface area contributed by atoms with Crippen molar-refractivity contribution in [3.63, 3.8) is 0 Å². The minimum atomic E-state index is -0.117. The van der Waals surface area contributed by atoms with Crippen molar-refractivity contribution in [3.8, 4) is 0 Å². The van der Waals surface area contributed by atoms with Crippen molar-refractivity contribution >= 4 is 12.2 Å². The molecule has 0 heterocycles. The SMILES string of the molecule is COC(=O)CCCCCCCCC=NO. The lowest BCUT2D eigenvalue weighted by Crippen LogP contribution is -1.99. The predicted molar refractivity (Wildman–Crippen MR) is 59.2 cm³/mol. The van der Waals surface area contributed by atoms with Gasteiger partial charge in [-0.25, -0.2) is 0 Å². The van der Waals surface area contributed by atoms with Gasteiger partial charge in [0.1, 0.15) is 0 Å². The largest absolute Gasteiger partial charge is 0.469 e. The van der Waals surface area contributed by atoms with Gasteiger partial charge >= 0.3 is 5.97 Å². The first kappa shape index (κ1) is 13.9. The second kappa shape index (κ2) is 11.0. The molecule has 0 aliphatic heterocycles. The summed E-state index contributed by atoms with van der Waals surface area (Å²) in [5, 5.41) is 11.1. The average molecular weight is 215 g/mol. The van der Waals surface area contributed by atoms with Gasteiger partial charge in [0.25, 0.3) is 0 Å². The molecule has 0 aliphatic carbocycles. The second-order valence-corrected chi connectivity index (χ2v) is 3.53. The smallest absolute Gasteiger partial charge is 0.305 e. The van der Waals surface area contributed by atoms with Gasteiger partial charge in [-0.15, -0.1) is 5.16 Å². The summed E-state index contributed by atoms with van der Waals surface area (Å²) >= 11 is 0. The van der Waals surface area contributed by atoms with Crippen LogP contribution in [-0.2, 0) is 9.53 Å². The molecule has 4 nitrogen and oxygen atoms in total. The summed E-state index contributed by atoms with van der Waals surface area (Å²) in [7, 11) is 1.42. The maximum Gasteiger partial charge on any atom is 0.305 e. The number of rotatable bonds is 9. The van der Waals surface area contributed by atoms with E-state index < -0.39 is 0 Å². The standard InChI is InChI=1S/C11H21NO3/c1-15-11(13)9-7-5-3-2-4-6-8-10-12-14/h10,14H,2-9H2,1H3. The van der Waals surface area contributed by atoms with Crippen molar-refractivity contribution < 1.29 is 14.7 Å². The predicted octanol–water partition coefficient (Wildman–Crippen LogP) is 2.74. The van der Waals surface area contributed by atoms with Gasteiger partial charge in [0.05, 0.1) is 7.11 Å². The van der Waals surface area contributed by atoms with E-state index in [1.807, 2.05) is 0 Å². The fraction of sp³-hybridized carbons (Fsp3) is 0.818. The van der Waals surface area contributed by atoms with Crippen molar-refractivity contribution in [2.24, 2.45) is 5.16 Å². The van der Waals surface area contributed by atoms with E-state index in [1.54, 1.807) is 0 Å². The number of ether oxygens (including phenoxy) is 1. The zero-order chi connectivity index (χ0) is 11.4. The molecule has 0 rings (SSSR count). The third-order valence-corrected chi connectivity index (χ3v) is 2.27. The Labute approximate surface area is 91.3 Å². The molecular weight excluding hydrogens is 194 g/mol. The van der Waals surface area contributed by atoms with Gasteiger partial charge in [0.2, 0.25) is 0 Å². The van der Waals surface area contributed by atoms with Crippen molar-refractivity contribution in [2.75, 3.05) is 7.11 Å². The molecule has 0 unspecified atom stereocenters. The summed E-state index contributed by atoms with van der Waals surface area (Å²) in [6, 6.07) is 0. The van der Waals surface area contributed by atoms with Crippen LogP contribution in [0, 0.1) is 0 Å². The summed E-state index contributed by atoms with van der Waals surface area (Å²) in [4.78, 5) is 10.8. The number of oxime groups is 1. The summed E-state index contributed by atoms with van der Waals surface area (Å²) in [5.41, 5.74) is 0. The van der Waals surface area contributed by atoms with E-state index in [1.165, 1.54) is 19.7 Å². The molecule has 0 amide bonds.